The summed E-state index contributed by atoms with van der Waals surface area (Å²) in [5, 5.41) is 3.93. The molecule has 0 unspecified atom stereocenters. The van der Waals surface area contributed by atoms with Gasteiger partial charge in [0, 0.05) is 27.9 Å². The van der Waals surface area contributed by atoms with Crippen LogP contribution in [0.1, 0.15) is 38.8 Å². The van der Waals surface area contributed by atoms with Crippen molar-refractivity contribution >= 4 is 46.8 Å². The van der Waals surface area contributed by atoms with E-state index in [9.17, 15) is 9.59 Å². The number of ether oxygens (including phenoxy) is 1. The van der Waals surface area contributed by atoms with Crippen molar-refractivity contribution in [1.82, 2.24) is 10.2 Å². The summed E-state index contributed by atoms with van der Waals surface area (Å²) >= 11 is 13.8. The van der Waals surface area contributed by atoms with Gasteiger partial charge in [0.05, 0.1) is 12.9 Å². The summed E-state index contributed by atoms with van der Waals surface area (Å²) in [5.41, 5.74) is 1.43. The van der Waals surface area contributed by atoms with Gasteiger partial charge >= 0.3 is 0 Å². The van der Waals surface area contributed by atoms with Crippen LogP contribution < -0.4 is 10.1 Å². The molecule has 0 heterocycles. The normalized spacial score (nSPS) is 12.2. The molecule has 1 atom stereocenters. The maximum absolute atomic E-state index is 13.2. The van der Waals surface area contributed by atoms with Gasteiger partial charge in [0.25, 0.3) is 0 Å². The Bertz CT molecular complexity index is 930. The molecule has 2 aromatic carbocycles. The molecule has 0 spiro atoms. The van der Waals surface area contributed by atoms with Crippen molar-refractivity contribution in [3.63, 3.8) is 0 Å². The lowest BCUT2D eigenvalue weighted by Crippen LogP contribution is -2.52. The highest BCUT2D eigenvalue weighted by Gasteiger charge is 2.28. The molecule has 0 aromatic heterocycles. The van der Waals surface area contributed by atoms with E-state index in [0.717, 1.165) is 16.9 Å². The Hall–Kier alpha value is -1.89. The number of halogens is 2. The van der Waals surface area contributed by atoms with Crippen molar-refractivity contribution < 1.29 is 14.3 Å². The summed E-state index contributed by atoms with van der Waals surface area (Å²) in [7, 11) is 1.63. The van der Waals surface area contributed by atoms with Crippen LogP contribution in [0.5, 0.6) is 5.75 Å². The second kappa shape index (κ2) is 11.8. The summed E-state index contributed by atoms with van der Waals surface area (Å²) in [6.07, 6.45) is 0. The Morgan fingerprint density at radius 2 is 1.78 bits per heavy atom. The third kappa shape index (κ3) is 8.23. The summed E-state index contributed by atoms with van der Waals surface area (Å²) in [6, 6.07) is 12.2. The molecule has 0 radical (unpaired) electrons. The van der Waals surface area contributed by atoms with Crippen LogP contribution in [-0.4, -0.2) is 41.2 Å². The Morgan fingerprint density at radius 3 is 2.34 bits per heavy atom. The quantitative estimate of drug-likeness (QED) is 0.492. The molecular formula is C24H30Cl2N2O3S. The van der Waals surface area contributed by atoms with Crippen molar-refractivity contribution in [2.24, 2.45) is 0 Å². The molecule has 2 amide bonds. The van der Waals surface area contributed by atoms with Gasteiger partial charge in [0.1, 0.15) is 11.8 Å². The second-order valence-corrected chi connectivity index (χ2v) is 10.3. The van der Waals surface area contributed by atoms with E-state index in [4.69, 9.17) is 27.9 Å². The third-order valence-electron chi connectivity index (χ3n) is 4.67. The first-order chi connectivity index (χ1) is 15.0. The van der Waals surface area contributed by atoms with Gasteiger partial charge < -0.3 is 15.0 Å². The van der Waals surface area contributed by atoms with Crippen molar-refractivity contribution in [1.29, 1.82) is 0 Å². The molecule has 5 nitrogen and oxygen atoms in total. The lowest BCUT2D eigenvalue weighted by molar-refractivity contribution is -0.139. The first-order valence-corrected chi connectivity index (χ1v) is 12.2. The van der Waals surface area contributed by atoms with E-state index in [-0.39, 0.29) is 24.1 Å². The molecule has 2 aromatic rings. The molecule has 0 aliphatic rings. The van der Waals surface area contributed by atoms with Crippen LogP contribution in [0.2, 0.25) is 10.0 Å². The molecule has 0 aliphatic carbocycles. The molecule has 2 rings (SSSR count). The Labute approximate surface area is 204 Å². The van der Waals surface area contributed by atoms with E-state index in [0.29, 0.717) is 15.8 Å². The van der Waals surface area contributed by atoms with Crippen LogP contribution in [0.15, 0.2) is 42.5 Å². The number of benzene rings is 2. The first kappa shape index (κ1) is 26.4. The third-order valence-corrected chi connectivity index (χ3v) is 6.25. The fourth-order valence-corrected chi connectivity index (χ4v) is 4.29. The number of amides is 2. The minimum absolute atomic E-state index is 0.133. The van der Waals surface area contributed by atoms with Crippen molar-refractivity contribution in [2.75, 3.05) is 12.9 Å². The van der Waals surface area contributed by atoms with Crippen LogP contribution in [0, 0.1) is 0 Å². The SMILES string of the molecule is COc1ccc(CSCC(=O)N(Cc2ccc(Cl)cc2Cl)[C@@H](C)C(=O)NC(C)(C)C)cc1. The zero-order chi connectivity index (χ0) is 23.9. The van der Waals surface area contributed by atoms with Crippen LogP contribution in [0.3, 0.4) is 0 Å². The highest BCUT2D eigenvalue weighted by Crippen LogP contribution is 2.24. The van der Waals surface area contributed by atoms with E-state index >= 15 is 0 Å². The van der Waals surface area contributed by atoms with Gasteiger partial charge in [-0.2, -0.15) is 0 Å². The number of thioether (sulfide) groups is 1. The van der Waals surface area contributed by atoms with E-state index in [1.54, 1.807) is 37.1 Å². The van der Waals surface area contributed by atoms with Crippen molar-refractivity contribution in [2.45, 2.75) is 51.6 Å². The molecular weight excluding hydrogens is 467 g/mol. The van der Waals surface area contributed by atoms with E-state index in [2.05, 4.69) is 5.32 Å². The molecule has 0 fully saturated rings. The van der Waals surface area contributed by atoms with Gasteiger partial charge in [-0.15, -0.1) is 11.8 Å². The smallest absolute Gasteiger partial charge is 0.242 e. The van der Waals surface area contributed by atoms with E-state index in [1.807, 2.05) is 45.0 Å². The largest absolute Gasteiger partial charge is 0.497 e. The first-order valence-electron chi connectivity index (χ1n) is 10.3. The maximum atomic E-state index is 13.2. The van der Waals surface area contributed by atoms with Crippen molar-refractivity contribution in [3.8, 4) is 5.75 Å². The van der Waals surface area contributed by atoms with Crippen LogP contribution in [0.25, 0.3) is 0 Å². The molecule has 174 valence electrons. The number of carbonyl (C=O) groups excluding carboxylic acids is 2. The minimum atomic E-state index is -0.657. The second-order valence-electron chi connectivity index (χ2n) is 8.51. The van der Waals surface area contributed by atoms with Gasteiger partial charge in [0.2, 0.25) is 11.8 Å². The van der Waals surface area contributed by atoms with Gasteiger partial charge in [-0.3, -0.25) is 9.59 Å². The van der Waals surface area contributed by atoms with E-state index < -0.39 is 11.6 Å². The zero-order valence-electron chi connectivity index (χ0n) is 19.1. The molecule has 0 bridgehead atoms. The molecule has 1 N–H and O–H groups in total. The summed E-state index contributed by atoms with van der Waals surface area (Å²) < 4.78 is 5.18. The number of nitrogens with one attached hydrogen (secondary N) is 1. The van der Waals surface area contributed by atoms with Crippen LogP contribution in [0.4, 0.5) is 0 Å². The highest BCUT2D eigenvalue weighted by molar-refractivity contribution is 7.99. The lowest BCUT2D eigenvalue weighted by atomic mass is 10.1. The minimum Gasteiger partial charge on any atom is -0.497 e. The van der Waals surface area contributed by atoms with Gasteiger partial charge in [-0.25, -0.2) is 0 Å². The highest BCUT2D eigenvalue weighted by atomic mass is 35.5. The molecule has 8 heteroatoms. The average molecular weight is 497 g/mol. The van der Waals surface area contributed by atoms with Gasteiger partial charge in [0.15, 0.2) is 0 Å². The Balaban J connectivity index is 2.12. The van der Waals surface area contributed by atoms with Crippen molar-refractivity contribution in [3.05, 3.63) is 63.6 Å². The van der Waals surface area contributed by atoms with Gasteiger partial charge in [-0.05, 0) is 63.1 Å². The predicted molar refractivity (Wildman–Crippen MR) is 134 cm³/mol. The molecule has 0 saturated carbocycles. The maximum Gasteiger partial charge on any atom is 0.242 e. The topological polar surface area (TPSA) is 58.6 Å². The zero-order valence-corrected chi connectivity index (χ0v) is 21.4. The monoisotopic (exact) mass is 496 g/mol. The Morgan fingerprint density at radius 1 is 1.12 bits per heavy atom. The fourth-order valence-electron chi connectivity index (χ4n) is 2.95. The van der Waals surface area contributed by atoms with Crippen LogP contribution >= 0.6 is 35.0 Å². The molecule has 0 saturated heterocycles. The summed E-state index contributed by atoms with van der Waals surface area (Å²) in [6.45, 7) is 7.67. The number of hydrogen-bond donors (Lipinski definition) is 1. The standard InChI is InChI=1S/C24H30Cl2N2O3S/c1-16(23(30)27-24(2,3)4)28(13-18-8-9-19(25)12-21(18)26)22(29)15-32-14-17-6-10-20(31-5)11-7-17/h6-12,16H,13-15H2,1-5H3,(H,27,30)/t16-/m0/s1. The predicted octanol–water partition coefficient (Wildman–Crippen LogP) is 5.57. The number of hydrogen-bond acceptors (Lipinski definition) is 4. The van der Waals surface area contributed by atoms with E-state index in [1.165, 1.54) is 11.8 Å². The number of rotatable bonds is 9. The number of nitrogens with zero attached hydrogens (tertiary/aromatic N) is 1. The van der Waals surface area contributed by atoms with Gasteiger partial charge in [-0.1, -0.05) is 41.4 Å². The fraction of sp³-hybridized carbons (Fsp3) is 0.417. The summed E-state index contributed by atoms with van der Waals surface area (Å²) in [4.78, 5) is 27.5. The lowest BCUT2D eigenvalue weighted by Gasteiger charge is -2.31. The molecule has 0 aliphatic heterocycles. The molecule has 32 heavy (non-hydrogen) atoms. The van der Waals surface area contributed by atoms with Crippen LogP contribution in [-0.2, 0) is 21.9 Å². The number of carbonyl (C=O) groups is 2. The number of methoxy groups -OCH3 is 1. The average Bonchev–Trinajstić information content (AvgIpc) is 2.72. The summed E-state index contributed by atoms with van der Waals surface area (Å²) in [5.74, 6) is 1.36. The Kier molecular flexibility index (Phi) is 9.74.